The molecule has 12 rings (SSSR count). The molecule has 2 nitrogen and oxygen atoms in total. The Bertz CT molecular complexity index is 3090. The van der Waals surface area contributed by atoms with Gasteiger partial charge in [-0.25, -0.2) is 0 Å². The number of hydrogen-bond donors (Lipinski definition) is 0. The Balaban J connectivity index is 1.21. The Morgan fingerprint density at radius 3 is 2.04 bits per heavy atom. The first-order chi connectivity index (χ1) is 25.8. The molecule has 3 heteroatoms. The van der Waals surface area contributed by atoms with Crippen LogP contribution in [0, 0.1) is 0 Å². The molecule has 1 unspecified atom stereocenters. The number of para-hydroxylation sites is 4. The van der Waals surface area contributed by atoms with Crippen molar-refractivity contribution in [2.24, 2.45) is 0 Å². The SMILES string of the molecule is c1ccc(N(c2ccc3sc4ccccc4c3c2)c2cccc3c2-c2ccccc2C32c3ccccc3-n3c4ccccc4c4cccc2c43)cc1. The minimum Gasteiger partial charge on any atom is -0.310 e. The highest BCUT2D eigenvalue weighted by Gasteiger charge is 2.51. The van der Waals surface area contributed by atoms with Crippen LogP contribution in [0.1, 0.15) is 22.3 Å². The van der Waals surface area contributed by atoms with E-state index in [4.69, 9.17) is 0 Å². The maximum atomic E-state index is 2.52. The second-order valence-corrected chi connectivity index (χ2v) is 15.1. The lowest BCUT2D eigenvalue weighted by molar-refractivity contribution is 0.748. The third-order valence-corrected chi connectivity index (χ3v) is 12.7. The molecule has 3 heterocycles. The summed E-state index contributed by atoms with van der Waals surface area (Å²) in [5.41, 5.74) is 14.6. The Labute approximate surface area is 305 Å². The van der Waals surface area contributed by atoms with E-state index in [0.717, 1.165) is 11.4 Å². The van der Waals surface area contributed by atoms with E-state index in [1.54, 1.807) is 0 Å². The van der Waals surface area contributed by atoms with Crippen molar-refractivity contribution in [2.45, 2.75) is 5.41 Å². The smallest absolute Gasteiger partial charge is 0.0755 e. The molecule has 0 radical (unpaired) electrons. The predicted octanol–water partition coefficient (Wildman–Crippen LogP) is 13.3. The zero-order valence-electron chi connectivity index (χ0n) is 28.1. The average Bonchev–Trinajstić information content (AvgIpc) is 3.85. The van der Waals surface area contributed by atoms with E-state index < -0.39 is 5.41 Å². The first kappa shape index (κ1) is 28.3. The topological polar surface area (TPSA) is 8.17 Å². The van der Waals surface area contributed by atoms with Crippen molar-refractivity contribution in [3.63, 3.8) is 0 Å². The van der Waals surface area contributed by atoms with Gasteiger partial charge in [-0.15, -0.1) is 11.3 Å². The van der Waals surface area contributed by atoms with E-state index in [2.05, 4.69) is 191 Å². The van der Waals surface area contributed by atoms with Gasteiger partial charge < -0.3 is 9.47 Å². The molecule has 0 saturated heterocycles. The van der Waals surface area contributed by atoms with Gasteiger partial charge in [-0.05, 0) is 82.4 Å². The van der Waals surface area contributed by atoms with E-state index in [1.807, 2.05) is 11.3 Å². The summed E-state index contributed by atoms with van der Waals surface area (Å²) in [5.74, 6) is 0. The quantitative estimate of drug-likeness (QED) is 0.181. The van der Waals surface area contributed by atoms with Crippen LogP contribution in [-0.4, -0.2) is 4.57 Å². The van der Waals surface area contributed by atoms with Gasteiger partial charge in [0.1, 0.15) is 0 Å². The molecular weight excluding hydrogens is 649 g/mol. The van der Waals surface area contributed by atoms with Gasteiger partial charge in [-0.2, -0.15) is 0 Å². The minimum atomic E-state index is -0.502. The zero-order valence-corrected chi connectivity index (χ0v) is 28.9. The summed E-state index contributed by atoms with van der Waals surface area (Å²) >= 11 is 1.87. The van der Waals surface area contributed by atoms with E-state index in [1.165, 1.54) is 86.7 Å². The predicted molar refractivity (Wildman–Crippen MR) is 219 cm³/mol. The van der Waals surface area contributed by atoms with Gasteiger partial charge in [0.05, 0.1) is 27.8 Å². The Morgan fingerprint density at radius 2 is 1.12 bits per heavy atom. The molecule has 0 bridgehead atoms. The number of aromatic nitrogens is 1. The van der Waals surface area contributed by atoms with Gasteiger partial charge in [0.15, 0.2) is 0 Å². The summed E-state index contributed by atoms with van der Waals surface area (Å²) in [5, 5.41) is 5.19. The molecule has 2 aromatic heterocycles. The normalized spacial score (nSPS) is 15.4. The van der Waals surface area contributed by atoms with Gasteiger partial charge in [-0.3, -0.25) is 0 Å². The molecule has 2 aliphatic rings. The van der Waals surface area contributed by atoms with Crippen LogP contribution < -0.4 is 4.90 Å². The van der Waals surface area contributed by atoms with Crippen LogP contribution in [0.25, 0.3) is 58.8 Å². The standard InChI is InChI=1S/C49H30N2S/c1-2-14-31(15-3-1)50(32-28-29-46-37(30-32)34-17-6-11-27-45(34)52-46)44-26-13-22-40-47(44)36-18-4-7-20-38(36)49(40)39-21-8-10-25-43(39)51-42-24-9-5-16-33(42)35-19-12-23-41(49)48(35)51/h1-30H. The van der Waals surface area contributed by atoms with Gasteiger partial charge >= 0.3 is 0 Å². The molecule has 8 aromatic carbocycles. The van der Waals surface area contributed by atoms with E-state index in [0.29, 0.717) is 0 Å². The molecule has 242 valence electrons. The van der Waals surface area contributed by atoms with E-state index in [9.17, 15) is 0 Å². The van der Waals surface area contributed by atoms with Gasteiger partial charge in [-0.1, -0.05) is 127 Å². The molecule has 1 aliphatic carbocycles. The lowest BCUT2D eigenvalue weighted by Gasteiger charge is -2.39. The van der Waals surface area contributed by atoms with Gasteiger partial charge in [0.2, 0.25) is 0 Å². The highest BCUT2D eigenvalue weighted by Crippen LogP contribution is 2.63. The molecule has 10 aromatic rings. The molecule has 1 spiro atoms. The first-order valence-corrected chi connectivity index (χ1v) is 18.8. The van der Waals surface area contributed by atoms with Crippen LogP contribution in [0.3, 0.4) is 0 Å². The Morgan fingerprint density at radius 1 is 0.442 bits per heavy atom. The number of fused-ring (bicyclic) bond motifs is 15. The lowest BCUT2D eigenvalue weighted by atomic mass is 9.65. The van der Waals surface area contributed by atoms with Crippen molar-refractivity contribution < 1.29 is 0 Å². The molecule has 0 amide bonds. The number of benzene rings is 8. The second-order valence-electron chi connectivity index (χ2n) is 14.0. The van der Waals surface area contributed by atoms with E-state index >= 15 is 0 Å². The van der Waals surface area contributed by atoms with Crippen molar-refractivity contribution in [3.8, 4) is 16.8 Å². The molecule has 0 fully saturated rings. The fourth-order valence-electron chi connectivity index (χ4n) is 9.64. The molecule has 0 N–H and O–H groups in total. The van der Waals surface area contributed by atoms with Crippen LogP contribution in [0.4, 0.5) is 17.1 Å². The average molecular weight is 679 g/mol. The minimum absolute atomic E-state index is 0.502. The van der Waals surface area contributed by atoms with E-state index in [-0.39, 0.29) is 0 Å². The third kappa shape index (κ3) is 3.48. The molecular formula is C49H30N2S. The summed E-state index contributed by atoms with van der Waals surface area (Å²) in [4.78, 5) is 2.48. The highest BCUT2D eigenvalue weighted by molar-refractivity contribution is 7.25. The van der Waals surface area contributed by atoms with Crippen LogP contribution in [0.15, 0.2) is 182 Å². The number of thiophene rings is 1. The fraction of sp³-hybridized carbons (Fsp3) is 0.0204. The number of rotatable bonds is 3. The van der Waals surface area contributed by atoms with Crippen molar-refractivity contribution in [1.82, 2.24) is 4.57 Å². The number of hydrogen-bond acceptors (Lipinski definition) is 2. The largest absolute Gasteiger partial charge is 0.310 e. The summed E-state index contributed by atoms with van der Waals surface area (Å²) in [6, 6.07) is 67.8. The van der Waals surface area contributed by atoms with Crippen LogP contribution in [-0.2, 0) is 5.41 Å². The second kappa shape index (κ2) is 10.3. The maximum Gasteiger partial charge on any atom is 0.0755 e. The molecule has 52 heavy (non-hydrogen) atoms. The number of anilines is 3. The highest BCUT2D eigenvalue weighted by atomic mass is 32.1. The molecule has 1 aliphatic heterocycles. The summed E-state index contributed by atoms with van der Waals surface area (Å²) in [6.07, 6.45) is 0. The first-order valence-electron chi connectivity index (χ1n) is 17.9. The third-order valence-electron chi connectivity index (χ3n) is 11.6. The van der Waals surface area contributed by atoms with Crippen LogP contribution in [0.5, 0.6) is 0 Å². The zero-order chi connectivity index (χ0) is 34.0. The van der Waals surface area contributed by atoms with Crippen LogP contribution in [0.2, 0.25) is 0 Å². The Kier molecular flexibility index (Phi) is 5.62. The summed E-state index contributed by atoms with van der Waals surface area (Å²) in [7, 11) is 0. The monoisotopic (exact) mass is 678 g/mol. The maximum absolute atomic E-state index is 2.52. The van der Waals surface area contributed by atoms with Crippen molar-refractivity contribution >= 4 is 70.4 Å². The van der Waals surface area contributed by atoms with Crippen molar-refractivity contribution in [2.75, 3.05) is 4.90 Å². The molecule has 0 saturated carbocycles. The number of nitrogens with zero attached hydrogens (tertiary/aromatic N) is 2. The summed E-state index contributed by atoms with van der Waals surface area (Å²) < 4.78 is 5.14. The summed E-state index contributed by atoms with van der Waals surface area (Å²) in [6.45, 7) is 0. The van der Waals surface area contributed by atoms with Crippen molar-refractivity contribution in [1.29, 1.82) is 0 Å². The Hall–Kier alpha value is -6.42. The van der Waals surface area contributed by atoms with Gasteiger partial charge in [0.25, 0.3) is 0 Å². The lowest BCUT2D eigenvalue weighted by Crippen LogP contribution is -2.33. The van der Waals surface area contributed by atoms with Crippen LogP contribution >= 0.6 is 11.3 Å². The van der Waals surface area contributed by atoms with Gasteiger partial charge in [0, 0.05) is 47.9 Å². The van der Waals surface area contributed by atoms with Crippen molar-refractivity contribution in [3.05, 3.63) is 204 Å². The fourth-order valence-corrected chi connectivity index (χ4v) is 10.7. The molecule has 1 atom stereocenters.